The van der Waals surface area contributed by atoms with Crippen molar-refractivity contribution in [2.75, 3.05) is 21.2 Å². The Labute approximate surface area is 155 Å². The second-order valence-electron chi connectivity index (χ2n) is 5.22. The van der Waals surface area contributed by atoms with Gasteiger partial charge < -0.3 is 15.0 Å². The predicted octanol–water partition coefficient (Wildman–Crippen LogP) is 3.52. The van der Waals surface area contributed by atoms with Crippen molar-refractivity contribution in [3.8, 4) is 5.75 Å². The van der Waals surface area contributed by atoms with Crippen molar-refractivity contribution in [2.45, 2.75) is 13.1 Å². The number of halogens is 1. The Kier molecular flexibility index (Phi) is 8.47. The van der Waals surface area contributed by atoms with Crippen LogP contribution in [-0.2, 0) is 13.1 Å². The van der Waals surface area contributed by atoms with Crippen LogP contribution in [0.4, 0.5) is 0 Å². The summed E-state index contributed by atoms with van der Waals surface area (Å²) in [5.74, 6) is 1.73. The lowest BCUT2D eigenvalue weighted by Crippen LogP contribution is -2.36. The van der Waals surface area contributed by atoms with Gasteiger partial charge >= 0.3 is 0 Å². The highest BCUT2D eigenvalue weighted by Gasteiger charge is 2.02. The van der Waals surface area contributed by atoms with Gasteiger partial charge in [-0.1, -0.05) is 42.5 Å². The fourth-order valence-corrected chi connectivity index (χ4v) is 2.07. The normalized spacial score (nSPS) is 10.7. The standard InChI is InChI=1S/C18H23N3O.HI/c1-21(2)18(19-13-15-8-5-4-6-9-15)20-14-16-10-7-11-17(12-16)22-3;/h4-12H,13-14H2,1-3H3,(H,19,20);1H. The fraction of sp³-hybridized carbons (Fsp3) is 0.278. The zero-order chi connectivity index (χ0) is 15.8. The minimum atomic E-state index is 0. The highest BCUT2D eigenvalue weighted by Crippen LogP contribution is 2.13. The smallest absolute Gasteiger partial charge is 0.194 e. The summed E-state index contributed by atoms with van der Waals surface area (Å²) in [6.45, 7) is 1.38. The van der Waals surface area contributed by atoms with Crippen molar-refractivity contribution in [3.05, 3.63) is 65.7 Å². The Morgan fingerprint density at radius 2 is 1.74 bits per heavy atom. The van der Waals surface area contributed by atoms with E-state index < -0.39 is 0 Å². The molecule has 0 spiro atoms. The van der Waals surface area contributed by atoms with Crippen LogP contribution < -0.4 is 10.1 Å². The van der Waals surface area contributed by atoms with Gasteiger partial charge in [0.05, 0.1) is 13.7 Å². The van der Waals surface area contributed by atoms with Gasteiger partial charge in [0.15, 0.2) is 5.96 Å². The van der Waals surface area contributed by atoms with E-state index >= 15 is 0 Å². The first-order valence-corrected chi connectivity index (χ1v) is 7.31. The third-order valence-corrected chi connectivity index (χ3v) is 3.26. The number of benzene rings is 2. The van der Waals surface area contributed by atoms with E-state index in [-0.39, 0.29) is 24.0 Å². The molecule has 2 rings (SSSR count). The quantitative estimate of drug-likeness (QED) is 0.453. The van der Waals surface area contributed by atoms with Crippen LogP contribution in [0.25, 0.3) is 0 Å². The molecule has 23 heavy (non-hydrogen) atoms. The van der Waals surface area contributed by atoms with Crippen LogP contribution >= 0.6 is 24.0 Å². The first kappa shape index (κ1) is 19.3. The van der Waals surface area contributed by atoms with E-state index in [2.05, 4.69) is 28.5 Å². The van der Waals surface area contributed by atoms with Crippen LogP contribution in [0.5, 0.6) is 5.75 Å². The molecule has 2 aromatic carbocycles. The number of hydrogen-bond donors (Lipinski definition) is 1. The van der Waals surface area contributed by atoms with Crippen LogP contribution in [-0.4, -0.2) is 32.1 Å². The Morgan fingerprint density at radius 1 is 1.04 bits per heavy atom. The summed E-state index contributed by atoms with van der Waals surface area (Å²) in [6, 6.07) is 18.3. The number of hydrogen-bond acceptors (Lipinski definition) is 2. The second-order valence-corrected chi connectivity index (χ2v) is 5.22. The molecule has 0 saturated heterocycles. The second kappa shape index (κ2) is 10.1. The molecule has 2 aromatic rings. The molecular formula is C18H24IN3O. The Balaban J connectivity index is 0.00000264. The van der Waals surface area contributed by atoms with Gasteiger partial charge in [-0.2, -0.15) is 0 Å². The topological polar surface area (TPSA) is 36.9 Å². The van der Waals surface area contributed by atoms with Crippen LogP contribution in [0.1, 0.15) is 11.1 Å². The number of ether oxygens (including phenoxy) is 1. The number of nitrogens with one attached hydrogen (secondary N) is 1. The molecule has 0 amide bonds. The van der Waals surface area contributed by atoms with E-state index in [1.165, 1.54) is 5.56 Å². The molecule has 0 aliphatic rings. The summed E-state index contributed by atoms with van der Waals surface area (Å²) >= 11 is 0. The van der Waals surface area contributed by atoms with E-state index in [1.54, 1.807) is 7.11 Å². The molecule has 0 aliphatic carbocycles. The molecular weight excluding hydrogens is 401 g/mol. The van der Waals surface area contributed by atoms with E-state index in [9.17, 15) is 0 Å². The lowest BCUT2D eigenvalue weighted by Gasteiger charge is -2.17. The van der Waals surface area contributed by atoms with E-state index in [4.69, 9.17) is 4.74 Å². The number of aliphatic imine (C=N–C) groups is 1. The van der Waals surface area contributed by atoms with Gasteiger partial charge in [0.2, 0.25) is 0 Å². The molecule has 0 saturated carbocycles. The maximum absolute atomic E-state index is 5.24. The highest BCUT2D eigenvalue weighted by molar-refractivity contribution is 14.0. The van der Waals surface area contributed by atoms with Gasteiger partial charge in [-0.3, -0.25) is 0 Å². The molecule has 0 aliphatic heterocycles. The zero-order valence-corrected chi connectivity index (χ0v) is 16.2. The van der Waals surface area contributed by atoms with Crippen LogP contribution in [0.15, 0.2) is 59.6 Å². The maximum atomic E-state index is 5.24. The molecule has 0 fully saturated rings. The van der Waals surface area contributed by atoms with Gasteiger partial charge in [0, 0.05) is 20.6 Å². The van der Waals surface area contributed by atoms with Crippen molar-refractivity contribution >= 4 is 29.9 Å². The minimum Gasteiger partial charge on any atom is -0.497 e. The number of rotatable bonds is 5. The first-order valence-electron chi connectivity index (χ1n) is 7.31. The summed E-state index contributed by atoms with van der Waals surface area (Å²) in [7, 11) is 5.65. The van der Waals surface area contributed by atoms with Crippen molar-refractivity contribution in [1.29, 1.82) is 0 Å². The molecule has 0 radical (unpaired) electrons. The third-order valence-electron chi connectivity index (χ3n) is 3.26. The van der Waals surface area contributed by atoms with E-state index in [1.807, 2.05) is 55.4 Å². The predicted molar refractivity (Wildman–Crippen MR) is 107 cm³/mol. The summed E-state index contributed by atoms with van der Waals surface area (Å²) in [5, 5.41) is 3.38. The average molecular weight is 425 g/mol. The van der Waals surface area contributed by atoms with Crippen LogP contribution in [0.3, 0.4) is 0 Å². The molecule has 4 nitrogen and oxygen atoms in total. The first-order chi connectivity index (χ1) is 10.7. The maximum Gasteiger partial charge on any atom is 0.194 e. The fourth-order valence-electron chi connectivity index (χ4n) is 2.07. The van der Waals surface area contributed by atoms with Crippen molar-refractivity contribution in [2.24, 2.45) is 4.99 Å². The SMILES string of the molecule is COc1cccc(CN=C(NCc2ccccc2)N(C)C)c1.I. The molecule has 0 bridgehead atoms. The highest BCUT2D eigenvalue weighted by atomic mass is 127. The van der Waals surface area contributed by atoms with Crippen molar-refractivity contribution in [3.63, 3.8) is 0 Å². The number of guanidine groups is 1. The molecule has 1 N–H and O–H groups in total. The van der Waals surface area contributed by atoms with Gasteiger partial charge in [0.1, 0.15) is 5.75 Å². The molecule has 0 atom stereocenters. The van der Waals surface area contributed by atoms with Gasteiger partial charge in [-0.05, 0) is 23.3 Å². The molecule has 5 heteroatoms. The van der Waals surface area contributed by atoms with Crippen LogP contribution in [0.2, 0.25) is 0 Å². The molecule has 0 aromatic heterocycles. The molecule has 124 valence electrons. The van der Waals surface area contributed by atoms with Crippen molar-refractivity contribution in [1.82, 2.24) is 10.2 Å². The summed E-state index contributed by atoms with van der Waals surface area (Å²) < 4.78 is 5.24. The van der Waals surface area contributed by atoms with Gasteiger partial charge in [-0.25, -0.2) is 4.99 Å². The average Bonchev–Trinajstić information content (AvgIpc) is 2.55. The van der Waals surface area contributed by atoms with E-state index in [0.717, 1.165) is 23.8 Å². The minimum absolute atomic E-state index is 0. The zero-order valence-electron chi connectivity index (χ0n) is 13.8. The lowest BCUT2D eigenvalue weighted by atomic mass is 10.2. The Morgan fingerprint density at radius 3 is 2.39 bits per heavy atom. The molecule has 0 unspecified atom stereocenters. The van der Waals surface area contributed by atoms with Gasteiger partial charge in [0.25, 0.3) is 0 Å². The largest absolute Gasteiger partial charge is 0.497 e. The van der Waals surface area contributed by atoms with Crippen molar-refractivity contribution < 1.29 is 4.74 Å². The number of methoxy groups -OCH3 is 1. The monoisotopic (exact) mass is 425 g/mol. The lowest BCUT2D eigenvalue weighted by molar-refractivity contribution is 0.414. The summed E-state index contributed by atoms with van der Waals surface area (Å²) in [5.41, 5.74) is 2.36. The van der Waals surface area contributed by atoms with Gasteiger partial charge in [-0.15, -0.1) is 24.0 Å². The third kappa shape index (κ3) is 6.48. The summed E-state index contributed by atoms with van der Waals surface area (Å²) in [4.78, 5) is 6.65. The molecule has 0 heterocycles. The van der Waals surface area contributed by atoms with E-state index in [0.29, 0.717) is 6.54 Å². The van der Waals surface area contributed by atoms with Crippen LogP contribution in [0, 0.1) is 0 Å². The summed E-state index contributed by atoms with van der Waals surface area (Å²) in [6.07, 6.45) is 0. The Bertz CT molecular complexity index is 615. The Hall–Kier alpha value is -1.76. The number of nitrogens with zero attached hydrogens (tertiary/aromatic N) is 2.